The molecule has 94 valence electrons. The largest absolute Gasteiger partial charge is 0.371 e. The minimum absolute atomic E-state index is 0.531. The van der Waals surface area contributed by atoms with Gasteiger partial charge in [0.1, 0.15) is 0 Å². The van der Waals surface area contributed by atoms with Gasteiger partial charge in [0.2, 0.25) is 0 Å². The molecule has 1 heterocycles. The number of anilines is 1. The molecule has 0 aliphatic carbocycles. The van der Waals surface area contributed by atoms with Crippen LogP contribution in [0.5, 0.6) is 0 Å². The summed E-state index contributed by atoms with van der Waals surface area (Å²) in [4.78, 5) is 2.46. The predicted molar refractivity (Wildman–Crippen MR) is 76.2 cm³/mol. The Morgan fingerprint density at radius 3 is 2.94 bits per heavy atom. The normalized spacial score (nSPS) is 20.6. The molecule has 17 heavy (non-hydrogen) atoms. The molecule has 0 spiro atoms. The van der Waals surface area contributed by atoms with E-state index in [9.17, 15) is 0 Å². The second kappa shape index (κ2) is 5.97. The number of rotatable bonds is 3. The van der Waals surface area contributed by atoms with Crippen molar-refractivity contribution in [2.75, 3.05) is 18.0 Å². The molecule has 1 aromatic rings. The smallest absolute Gasteiger partial charge is 0.0495 e. The SMILES string of the molecule is CCC1CCCN(c2ccc(Cl)cc2CCl)C1. The van der Waals surface area contributed by atoms with Crippen LogP contribution in [-0.4, -0.2) is 13.1 Å². The molecule has 1 nitrogen and oxygen atoms in total. The summed E-state index contributed by atoms with van der Waals surface area (Å²) in [7, 11) is 0. The quantitative estimate of drug-likeness (QED) is 0.720. The Hall–Kier alpha value is -0.400. The molecule has 0 N–H and O–H groups in total. The van der Waals surface area contributed by atoms with Gasteiger partial charge < -0.3 is 4.90 Å². The number of nitrogens with zero attached hydrogens (tertiary/aromatic N) is 1. The summed E-state index contributed by atoms with van der Waals surface area (Å²) in [6, 6.07) is 6.06. The maximum atomic E-state index is 6.01. The lowest BCUT2D eigenvalue weighted by Gasteiger charge is -2.35. The fourth-order valence-corrected chi connectivity index (χ4v) is 3.00. The summed E-state index contributed by atoms with van der Waals surface area (Å²) in [5.41, 5.74) is 2.42. The lowest BCUT2D eigenvalue weighted by Crippen LogP contribution is -2.35. The van der Waals surface area contributed by atoms with Crippen LogP contribution < -0.4 is 4.90 Å². The van der Waals surface area contributed by atoms with E-state index in [0.29, 0.717) is 5.88 Å². The van der Waals surface area contributed by atoms with Crippen LogP contribution in [0.25, 0.3) is 0 Å². The average molecular weight is 272 g/mol. The van der Waals surface area contributed by atoms with Crippen LogP contribution in [0, 0.1) is 5.92 Å². The second-order valence-corrected chi connectivity index (χ2v) is 5.47. The van der Waals surface area contributed by atoms with Gasteiger partial charge in [-0.05, 0) is 42.5 Å². The van der Waals surface area contributed by atoms with Crippen LogP contribution >= 0.6 is 23.2 Å². The zero-order valence-corrected chi connectivity index (χ0v) is 11.8. The van der Waals surface area contributed by atoms with Crippen molar-refractivity contribution in [1.29, 1.82) is 0 Å². The van der Waals surface area contributed by atoms with E-state index in [4.69, 9.17) is 23.2 Å². The number of halogens is 2. The highest BCUT2D eigenvalue weighted by molar-refractivity contribution is 6.30. The molecule has 1 aromatic carbocycles. The van der Waals surface area contributed by atoms with E-state index in [-0.39, 0.29) is 0 Å². The van der Waals surface area contributed by atoms with Gasteiger partial charge in [0.05, 0.1) is 0 Å². The molecule has 0 radical (unpaired) electrons. The minimum atomic E-state index is 0.531. The molecule has 2 rings (SSSR count). The third-order valence-corrected chi connectivity index (χ3v) is 4.15. The molecule has 1 saturated heterocycles. The van der Waals surface area contributed by atoms with Gasteiger partial charge >= 0.3 is 0 Å². The first-order valence-electron chi connectivity index (χ1n) is 6.34. The highest BCUT2D eigenvalue weighted by Crippen LogP contribution is 2.30. The molecule has 1 aliphatic heterocycles. The number of benzene rings is 1. The molecular weight excluding hydrogens is 253 g/mol. The molecule has 1 atom stereocenters. The Morgan fingerprint density at radius 2 is 2.24 bits per heavy atom. The van der Waals surface area contributed by atoms with E-state index < -0.39 is 0 Å². The van der Waals surface area contributed by atoms with E-state index >= 15 is 0 Å². The van der Waals surface area contributed by atoms with Gasteiger partial charge in [-0.1, -0.05) is 24.9 Å². The van der Waals surface area contributed by atoms with Crippen molar-refractivity contribution >= 4 is 28.9 Å². The third-order valence-electron chi connectivity index (χ3n) is 3.62. The van der Waals surface area contributed by atoms with Crippen molar-refractivity contribution < 1.29 is 0 Å². The Bertz CT molecular complexity index is 378. The number of hydrogen-bond acceptors (Lipinski definition) is 1. The van der Waals surface area contributed by atoms with Gasteiger partial charge in [-0.3, -0.25) is 0 Å². The van der Waals surface area contributed by atoms with Gasteiger partial charge in [0, 0.05) is 29.7 Å². The summed E-state index contributed by atoms with van der Waals surface area (Å²) in [6.45, 7) is 4.57. The Balaban J connectivity index is 2.20. The number of alkyl halides is 1. The third kappa shape index (κ3) is 3.08. The van der Waals surface area contributed by atoms with E-state index in [1.807, 2.05) is 12.1 Å². The Labute approximate surface area is 114 Å². The van der Waals surface area contributed by atoms with Crippen molar-refractivity contribution in [2.24, 2.45) is 5.92 Å². The summed E-state index contributed by atoms with van der Waals surface area (Å²) in [5.74, 6) is 1.35. The van der Waals surface area contributed by atoms with E-state index in [1.54, 1.807) is 0 Å². The topological polar surface area (TPSA) is 3.24 Å². The van der Waals surface area contributed by atoms with Crippen molar-refractivity contribution in [1.82, 2.24) is 0 Å². The lowest BCUT2D eigenvalue weighted by molar-refractivity contribution is 0.404. The van der Waals surface area contributed by atoms with Crippen molar-refractivity contribution in [3.8, 4) is 0 Å². The van der Waals surface area contributed by atoms with Crippen LogP contribution in [0.4, 0.5) is 5.69 Å². The van der Waals surface area contributed by atoms with Crippen LogP contribution in [0.15, 0.2) is 18.2 Å². The van der Waals surface area contributed by atoms with Crippen molar-refractivity contribution in [3.05, 3.63) is 28.8 Å². The number of hydrogen-bond donors (Lipinski definition) is 0. The molecule has 0 bridgehead atoms. The zero-order valence-electron chi connectivity index (χ0n) is 10.3. The highest BCUT2D eigenvalue weighted by Gasteiger charge is 2.20. The Kier molecular flexibility index (Phi) is 4.58. The molecule has 0 amide bonds. The second-order valence-electron chi connectivity index (χ2n) is 4.77. The molecule has 3 heteroatoms. The monoisotopic (exact) mass is 271 g/mol. The van der Waals surface area contributed by atoms with Crippen molar-refractivity contribution in [3.63, 3.8) is 0 Å². The molecule has 0 saturated carbocycles. The zero-order chi connectivity index (χ0) is 12.3. The van der Waals surface area contributed by atoms with Crippen LogP contribution in [0.1, 0.15) is 31.7 Å². The fourth-order valence-electron chi connectivity index (χ4n) is 2.59. The summed E-state index contributed by atoms with van der Waals surface area (Å²) < 4.78 is 0. The highest BCUT2D eigenvalue weighted by atomic mass is 35.5. The molecule has 0 aromatic heterocycles. The first kappa shape index (κ1) is 13.0. The standard InChI is InChI=1S/C14H19Cl2N/c1-2-11-4-3-7-17(10-11)14-6-5-13(16)8-12(14)9-15/h5-6,8,11H,2-4,7,9-10H2,1H3. The van der Waals surface area contributed by atoms with E-state index in [1.165, 1.54) is 24.9 Å². The predicted octanol–water partition coefficient (Wildman–Crippen LogP) is 4.71. The fraction of sp³-hybridized carbons (Fsp3) is 0.571. The lowest BCUT2D eigenvalue weighted by atomic mass is 9.95. The van der Waals surface area contributed by atoms with Crippen LogP contribution in [0.2, 0.25) is 5.02 Å². The van der Waals surface area contributed by atoms with Gasteiger partial charge in [-0.15, -0.1) is 11.6 Å². The maximum absolute atomic E-state index is 6.01. The average Bonchev–Trinajstić information content (AvgIpc) is 2.38. The van der Waals surface area contributed by atoms with Crippen LogP contribution in [0.3, 0.4) is 0 Å². The molecule has 1 unspecified atom stereocenters. The molecule has 1 aliphatic rings. The summed E-state index contributed by atoms with van der Waals surface area (Å²) in [6.07, 6.45) is 3.90. The minimum Gasteiger partial charge on any atom is -0.371 e. The van der Waals surface area contributed by atoms with Crippen LogP contribution in [-0.2, 0) is 5.88 Å². The van der Waals surface area contributed by atoms with E-state index in [2.05, 4.69) is 17.9 Å². The van der Waals surface area contributed by atoms with Gasteiger partial charge in [0.25, 0.3) is 0 Å². The van der Waals surface area contributed by atoms with Gasteiger partial charge in [-0.25, -0.2) is 0 Å². The van der Waals surface area contributed by atoms with E-state index in [0.717, 1.165) is 29.6 Å². The van der Waals surface area contributed by atoms with Gasteiger partial charge in [-0.2, -0.15) is 0 Å². The summed E-state index contributed by atoms with van der Waals surface area (Å²) >= 11 is 12.0. The first-order chi connectivity index (χ1) is 8.24. The molecule has 1 fully saturated rings. The summed E-state index contributed by atoms with van der Waals surface area (Å²) in [5, 5.41) is 0.772. The Morgan fingerprint density at radius 1 is 1.41 bits per heavy atom. The van der Waals surface area contributed by atoms with Crippen molar-refractivity contribution in [2.45, 2.75) is 32.1 Å². The van der Waals surface area contributed by atoms with Gasteiger partial charge in [0.15, 0.2) is 0 Å². The molecular formula is C14H19Cl2N. The maximum Gasteiger partial charge on any atom is 0.0495 e. The number of piperidine rings is 1. The first-order valence-corrected chi connectivity index (χ1v) is 7.25.